The summed E-state index contributed by atoms with van der Waals surface area (Å²) in [6.45, 7) is 5.61. The van der Waals surface area contributed by atoms with Crippen molar-refractivity contribution >= 4 is 0 Å². The number of hydrogen-bond acceptors (Lipinski definition) is 2. The molecule has 0 radical (unpaired) electrons. The topological polar surface area (TPSA) is 15.3 Å². The van der Waals surface area contributed by atoms with Gasteiger partial charge in [-0.25, -0.2) is 5.01 Å². The standard InChI is InChI=1S/C7H18N2/c1-7(2)5-6-9(4)8-3/h7-8H,5-6H2,1-4H3. The zero-order valence-corrected chi connectivity index (χ0v) is 6.94. The average molecular weight is 130 g/mol. The largest absolute Gasteiger partial charge is 0.259 e. The van der Waals surface area contributed by atoms with Crippen molar-refractivity contribution in [1.29, 1.82) is 0 Å². The summed E-state index contributed by atoms with van der Waals surface area (Å²) in [7, 11) is 4.00. The first-order valence-electron chi connectivity index (χ1n) is 3.55. The van der Waals surface area contributed by atoms with E-state index in [9.17, 15) is 0 Å². The minimum atomic E-state index is 0.806. The van der Waals surface area contributed by atoms with Crippen LogP contribution in [0.4, 0.5) is 0 Å². The quantitative estimate of drug-likeness (QED) is 0.573. The highest BCUT2D eigenvalue weighted by atomic mass is 15.5. The Hall–Kier alpha value is -0.0800. The Labute approximate surface area is 58.2 Å². The van der Waals surface area contributed by atoms with Gasteiger partial charge in [0.15, 0.2) is 0 Å². The second-order valence-electron chi connectivity index (χ2n) is 2.83. The highest BCUT2D eigenvalue weighted by Gasteiger charge is 1.95. The van der Waals surface area contributed by atoms with Gasteiger partial charge in [-0.1, -0.05) is 13.8 Å². The van der Waals surface area contributed by atoms with Crippen molar-refractivity contribution in [2.45, 2.75) is 20.3 Å². The van der Waals surface area contributed by atoms with Crippen LogP contribution in [0.25, 0.3) is 0 Å². The predicted octanol–water partition coefficient (Wildman–Crippen LogP) is 1.10. The molecule has 0 amide bonds. The van der Waals surface area contributed by atoms with Gasteiger partial charge in [0.1, 0.15) is 0 Å². The first-order chi connectivity index (χ1) is 4.16. The van der Waals surface area contributed by atoms with E-state index in [0.29, 0.717) is 0 Å². The molecule has 0 aromatic carbocycles. The van der Waals surface area contributed by atoms with E-state index in [1.165, 1.54) is 6.42 Å². The molecule has 0 bridgehead atoms. The highest BCUT2D eigenvalue weighted by molar-refractivity contribution is 4.47. The van der Waals surface area contributed by atoms with E-state index >= 15 is 0 Å². The summed E-state index contributed by atoms with van der Waals surface area (Å²) in [6.07, 6.45) is 1.26. The molecule has 0 aliphatic carbocycles. The summed E-state index contributed by atoms with van der Waals surface area (Å²) in [6, 6.07) is 0. The van der Waals surface area contributed by atoms with Gasteiger partial charge in [-0.15, -0.1) is 0 Å². The van der Waals surface area contributed by atoms with Gasteiger partial charge in [0, 0.05) is 13.6 Å². The molecule has 0 aliphatic heterocycles. The summed E-state index contributed by atoms with van der Waals surface area (Å²) in [4.78, 5) is 0. The molecule has 0 spiro atoms. The maximum absolute atomic E-state index is 3.05. The maximum Gasteiger partial charge on any atom is 0.0130 e. The molecule has 0 aliphatic rings. The number of hydrazine groups is 1. The lowest BCUT2D eigenvalue weighted by Gasteiger charge is -2.15. The van der Waals surface area contributed by atoms with Crippen molar-refractivity contribution in [2.24, 2.45) is 5.92 Å². The SMILES string of the molecule is CNN(C)CCC(C)C. The molecule has 0 fully saturated rings. The van der Waals surface area contributed by atoms with E-state index in [1.807, 2.05) is 7.05 Å². The lowest BCUT2D eigenvalue weighted by molar-refractivity contribution is 0.245. The molecule has 56 valence electrons. The number of nitrogens with one attached hydrogen (secondary N) is 1. The van der Waals surface area contributed by atoms with Crippen molar-refractivity contribution < 1.29 is 0 Å². The van der Waals surface area contributed by atoms with E-state index in [2.05, 4.69) is 31.3 Å². The first kappa shape index (κ1) is 8.92. The van der Waals surface area contributed by atoms with Gasteiger partial charge < -0.3 is 0 Å². The third kappa shape index (κ3) is 5.80. The van der Waals surface area contributed by atoms with Gasteiger partial charge in [-0.05, 0) is 19.4 Å². The molecule has 0 aromatic heterocycles. The highest BCUT2D eigenvalue weighted by Crippen LogP contribution is 1.98. The molecule has 1 N–H and O–H groups in total. The summed E-state index contributed by atoms with van der Waals surface area (Å²) < 4.78 is 0. The number of rotatable bonds is 4. The Bertz CT molecular complexity index is 61.9. The summed E-state index contributed by atoms with van der Waals surface area (Å²) in [5, 5.41) is 2.10. The van der Waals surface area contributed by atoms with Crippen LogP contribution in [0.5, 0.6) is 0 Å². The van der Waals surface area contributed by atoms with Gasteiger partial charge in [-0.3, -0.25) is 5.43 Å². The average Bonchev–Trinajstić information content (AvgIpc) is 1.83. The first-order valence-corrected chi connectivity index (χ1v) is 3.55. The van der Waals surface area contributed by atoms with Crippen LogP contribution in [0.2, 0.25) is 0 Å². The number of nitrogens with zero attached hydrogens (tertiary/aromatic N) is 1. The van der Waals surface area contributed by atoms with Gasteiger partial charge in [0.2, 0.25) is 0 Å². The van der Waals surface area contributed by atoms with E-state index in [4.69, 9.17) is 0 Å². The van der Waals surface area contributed by atoms with E-state index in [0.717, 1.165) is 12.5 Å². The van der Waals surface area contributed by atoms with Crippen molar-refractivity contribution in [2.75, 3.05) is 20.6 Å². The fraction of sp³-hybridized carbons (Fsp3) is 1.00. The molecule has 0 atom stereocenters. The molecule has 2 heteroatoms. The molecule has 9 heavy (non-hydrogen) atoms. The fourth-order valence-corrected chi connectivity index (χ4v) is 0.564. The van der Waals surface area contributed by atoms with Gasteiger partial charge >= 0.3 is 0 Å². The second kappa shape index (κ2) is 4.77. The molecule has 0 rings (SSSR count). The molecular weight excluding hydrogens is 112 g/mol. The van der Waals surface area contributed by atoms with E-state index < -0.39 is 0 Å². The van der Waals surface area contributed by atoms with E-state index in [1.54, 1.807) is 0 Å². The smallest absolute Gasteiger partial charge is 0.0130 e. The second-order valence-corrected chi connectivity index (χ2v) is 2.83. The lowest BCUT2D eigenvalue weighted by Crippen LogP contribution is -2.32. The normalized spacial score (nSPS) is 11.3. The van der Waals surface area contributed by atoms with Gasteiger partial charge in [0.25, 0.3) is 0 Å². The third-order valence-electron chi connectivity index (χ3n) is 1.42. The zero-order valence-electron chi connectivity index (χ0n) is 6.94. The molecule has 0 saturated heterocycles. The molecular formula is C7H18N2. The Morgan fingerprint density at radius 1 is 1.44 bits per heavy atom. The summed E-state index contributed by atoms with van der Waals surface area (Å²) in [5.41, 5.74) is 3.05. The predicted molar refractivity (Wildman–Crippen MR) is 41.1 cm³/mol. The van der Waals surface area contributed by atoms with Crippen molar-refractivity contribution in [3.05, 3.63) is 0 Å². The summed E-state index contributed by atoms with van der Waals surface area (Å²) >= 11 is 0. The van der Waals surface area contributed by atoms with Crippen LogP contribution >= 0.6 is 0 Å². The third-order valence-corrected chi connectivity index (χ3v) is 1.42. The summed E-state index contributed by atoms with van der Waals surface area (Å²) in [5.74, 6) is 0.806. The molecule has 0 heterocycles. The van der Waals surface area contributed by atoms with Crippen molar-refractivity contribution in [3.8, 4) is 0 Å². The monoisotopic (exact) mass is 130 g/mol. The van der Waals surface area contributed by atoms with Crippen LogP contribution in [-0.2, 0) is 0 Å². The van der Waals surface area contributed by atoms with Crippen LogP contribution in [0.3, 0.4) is 0 Å². The van der Waals surface area contributed by atoms with Crippen molar-refractivity contribution in [1.82, 2.24) is 10.4 Å². The van der Waals surface area contributed by atoms with Crippen LogP contribution < -0.4 is 5.43 Å². The van der Waals surface area contributed by atoms with Crippen LogP contribution in [-0.4, -0.2) is 25.6 Å². The molecule has 0 unspecified atom stereocenters. The molecule has 0 saturated carbocycles. The minimum absolute atomic E-state index is 0.806. The van der Waals surface area contributed by atoms with Crippen LogP contribution in [0, 0.1) is 5.92 Å². The van der Waals surface area contributed by atoms with Gasteiger partial charge in [0.05, 0.1) is 0 Å². The van der Waals surface area contributed by atoms with E-state index in [-0.39, 0.29) is 0 Å². The Balaban J connectivity index is 3.06. The fourth-order valence-electron chi connectivity index (χ4n) is 0.564. The van der Waals surface area contributed by atoms with Crippen LogP contribution in [0.15, 0.2) is 0 Å². The zero-order chi connectivity index (χ0) is 7.28. The molecule has 0 aromatic rings. The van der Waals surface area contributed by atoms with Gasteiger partial charge in [-0.2, -0.15) is 0 Å². The van der Waals surface area contributed by atoms with Crippen molar-refractivity contribution in [3.63, 3.8) is 0 Å². The molecule has 2 nitrogen and oxygen atoms in total. The number of hydrogen-bond donors (Lipinski definition) is 1. The Kier molecular flexibility index (Phi) is 4.72. The Morgan fingerprint density at radius 3 is 2.33 bits per heavy atom. The Morgan fingerprint density at radius 2 is 2.00 bits per heavy atom. The maximum atomic E-state index is 3.05. The van der Waals surface area contributed by atoms with Crippen LogP contribution in [0.1, 0.15) is 20.3 Å². The lowest BCUT2D eigenvalue weighted by atomic mass is 10.1. The minimum Gasteiger partial charge on any atom is -0.259 e.